The van der Waals surface area contributed by atoms with E-state index in [1.54, 1.807) is 0 Å². The van der Waals surface area contributed by atoms with Crippen LogP contribution >= 0.6 is 0 Å². The van der Waals surface area contributed by atoms with Crippen LogP contribution in [0.2, 0.25) is 0 Å². The number of ether oxygens (including phenoxy) is 1. The number of amides is 1. The van der Waals surface area contributed by atoms with Crippen LogP contribution in [0.15, 0.2) is 0 Å². The zero-order valence-corrected chi connectivity index (χ0v) is 13.8. The average molecular weight is 297 g/mol. The summed E-state index contributed by atoms with van der Waals surface area (Å²) in [5.74, 6) is 0.790. The van der Waals surface area contributed by atoms with Gasteiger partial charge in [0.25, 0.3) is 0 Å². The number of hydrogen-bond acceptors (Lipinski definition) is 4. The van der Waals surface area contributed by atoms with Crippen molar-refractivity contribution in [3.05, 3.63) is 0 Å². The Labute approximate surface area is 128 Å². The molecule has 2 rings (SSSR count). The average Bonchev–Trinajstić information content (AvgIpc) is 2.40. The predicted molar refractivity (Wildman–Crippen MR) is 84.2 cm³/mol. The molecule has 1 aliphatic carbocycles. The Morgan fingerprint density at radius 1 is 1.10 bits per heavy atom. The maximum atomic E-state index is 12.0. The van der Waals surface area contributed by atoms with Crippen LogP contribution in [-0.2, 0) is 4.74 Å². The van der Waals surface area contributed by atoms with E-state index in [1.165, 1.54) is 25.7 Å². The third-order valence-corrected chi connectivity index (χ3v) is 4.43. The molecule has 0 aromatic carbocycles. The summed E-state index contributed by atoms with van der Waals surface area (Å²) in [6.45, 7) is 10.4. The van der Waals surface area contributed by atoms with Gasteiger partial charge in [-0.3, -0.25) is 4.90 Å². The van der Waals surface area contributed by atoms with Gasteiger partial charge in [0.15, 0.2) is 0 Å². The summed E-state index contributed by atoms with van der Waals surface area (Å²) in [5.41, 5.74) is 5.55. The number of rotatable bonds is 2. The third-order valence-electron chi connectivity index (χ3n) is 4.43. The maximum Gasteiger partial charge on any atom is 0.410 e. The predicted octanol–water partition coefficient (Wildman–Crippen LogP) is 2.06. The number of piperazine rings is 1. The van der Waals surface area contributed by atoms with Gasteiger partial charge in [0, 0.05) is 38.8 Å². The monoisotopic (exact) mass is 297 g/mol. The molecule has 1 heterocycles. The fourth-order valence-electron chi connectivity index (χ4n) is 3.18. The van der Waals surface area contributed by atoms with Crippen LogP contribution in [0, 0.1) is 5.92 Å². The van der Waals surface area contributed by atoms with Crippen LogP contribution in [0.4, 0.5) is 4.79 Å². The van der Waals surface area contributed by atoms with E-state index in [9.17, 15) is 4.79 Å². The summed E-state index contributed by atoms with van der Waals surface area (Å²) in [4.78, 5) is 16.3. The largest absolute Gasteiger partial charge is 0.444 e. The van der Waals surface area contributed by atoms with E-state index in [4.69, 9.17) is 10.5 Å². The molecule has 0 unspecified atom stereocenters. The Kier molecular flexibility index (Phi) is 5.49. The summed E-state index contributed by atoms with van der Waals surface area (Å²) in [6, 6.07) is 0.422. The molecule has 0 atom stereocenters. The van der Waals surface area contributed by atoms with Gasteiger partial charge in [-0.25, -0.2) is 4.79 Å². The normalized spacial score (nSPS) is 28.5. The summed E-state index contributed by atoms with van der Waals surface area (Å²) in [5, 5.41) is 0. The molecule has 2 aliphatic rings. The quantitative estimate of drug-likeness (QED) is 0.847. The smallest absolute Gasteiger partial charge is 0.410 e. The number of nitrogens with two attached hydrogens (primary N) is 1. The summed E-state index contributed by atoms with van der Waals surface area (Å²) in [6.07, 6.45) is 4.68. The van der Waals surface area contributed by atoms with Crippen molar-refractivity contribution in [2.45, 2.75) is 58.1 Å². The van der Waals surface area contributed by atoms with Crippen LogP contribution < -0.4 is 5.73 Å². The fraction of sp³-hybridized carbons (Fsp3) is 0.938. The molecular weight excluding hydrogens is 266 g/mol. The first-order valence-electron chi connectivity index (χ1n) is 8.29. The fourth-order valence-corrected chi connectivity index (χ4v) is 3.18. The lowest BCUT2D eigenvalue weighted by Gasteiger charge is -2.38. The summed E-state index contributed by atoms with van der Waals surface area (Å²) >= 11 is 0. The molecule has 1 amide bonds. The van der Waals surface area contributed by atoms with Crippen molar-refractivity contribution in [2.75, 3.05) is 32.7 Å². The van der Waals surface area contributed by atoms with E-state index in [2.05, 4.69) is 4.90 Å². The molecule has 5 heteroatoms. The lowest BCUT2D eigenvalue weighted by molar-refractivity contribution is 0.0127. The minimum Gasteiger partial charge on any atom is -0.444 e. The molecule has 0 radical (unpaired) electrons. The van der Waals surface area contributed by atoms with Gasteiger partial charge in [0.2, 0.25) is 0 Å². The highest BCUT2D eigenvalue weighted by atomic mass is 16.6. The molecule has 2 N–H and O–H groups in total. The minimum atomic E-state index is -0.408. The summed E-state index contributed by atoms with van der Waals surface area (Å²) in [7, 11) is 0. The van der Waals surface area contributed by atoms with Gasteiger partial charge in [0.05, 0.1) is 0 Å². The van der Waals surface area contributed by atoms with Gasteiger partial charge < -0.3 is 15.4 Å². The number of hydrogen-bond donors (Lipinski definition) is 1. The van der Waals surface area contributed by atoms with Crippen LogP contribution in [0.3, 0.4) is 0 Å². The maximum absolute atomic E-state index is 12.0. The Bertz CT molecular complexity index is 338. The summed E-state index contributed by atoms with van der Waals surface area (Å²) < 4.78 is 5.43. The topological polar surface area (TPSA) is 58.8 Å². The minimum absolute atomic E-state index is 0.175. The lowest BCUT2D eigenvalue weighted by atomic mass is 9.86. The van der Waals surface area contributed by atoms with E-state index >= 15 is 0 Å². The first-order chi connectivity index (χ1) is 9.83. The Balaban J connectivity index is 1.69. The SMILES string of the molecule is CC(C)(C)OC(=O)N1CCN(CC2CCC(N)CC2)CC1. The highest BCUT2D eigenvalue weighted by molar-refractivity contribution is 5.68. The molecule has 5 nitrogen and oxygen atoms in total. The zero-order valence-electron chi connectivity index (χ0n) is 13.8. The molecule has 0 aromatic rings. The number of nitrogens with zero attached hydrogens (tertiary/aromatic N) is 2. The number of carbonyl (C=O) groups is 1. The molecule has 1 saturated carbocycles. The van der Waals surface area contributed by atoms with Crippen molar-refractivity contribution in [2.24, 2.45) is 11.7 Å². The van der Waals surface area contributed by atoms with Gasteiger partial charge in [-0.05, 0) is 52.4 Å². The standard InChI is InChI=1S/C16H31N3O2/c1-16(2,3)21-15(20)19-10-8-18(9-11-19)12-13-4-6-14(17)7-5-13/h13-14H,4-12,17H2,1-3H3. The highest BCUT2D eigenvalue weighted by Crippen LogP contribution is 2.24. The van der Waals surface area contributed by atoms with E-state index in [-0.39, 0.29) is 6.09 Å². The van der Waals surface area contributed by atoms with E-state index in [1.807, 2.05) is 25.7 Å². The van der Waals surface area contributed by atoms with Gasteiger partial charge >= 0.3 is 6.09 Å². The molecule has 1 aliphatic heterocycles. The first-order valence-corrected chi connectivity index (χ1v) is 8.29. The van der Waals surface area contributed by atoms with Crippen molar-refractivity contribution in [3.63, 3.8) is 0 Å². The molecule has 2 fully saturated rings. The van der Waals surface area contributed by atoms with Crippen LogP contribution in [0.25, 0.3) is 0 Å². The van der Waals surface area contributed by atoms with Gasteiger partial charge in [-0.15, -0.1) is 0 Å². The second-order valence-corrected chi connectivity index (χ2v) is 7.55. The van der Waals surface area contributed by atoms with Crippen LogP contribution in [0.1, 0.15) is 46.5 Å². The second-order valence-electron chi connectivity index (χ2n) is 7.55. The Morgan fingerprint density at radius 3 is 2.19 bits per heavy atom. The molecule has 1 saturated heterocycles. The van der Waals surface area contributed by atoms with Crippen molar-refractivity contribution in [1.82, 2.24) is 9.80 Å². The van der Waals surface area contributed by atoms with Gasteiger partial charge in [0.1, 0.15) is 5.60 Å². The van der Waals surface area contributed by atoms with E-state index in [0.29, 0.717) is 6.04 Å². The molecule has 122 valence electrons. The highest BCUT2D eigenvalue weighted by Gasteiger charge is 2.27. The lowest BCUT2D eigenvalue weighted by Crippen LogP contribution is -2.51. The Hall–Kier alpha value is -0.810. The molecular formula is C16H31N3O2. The van der Waals surface area contributed by atoms with Gasteiger partial charge in [-0.2, -0.15) is 0 Å². The second kappa shape index (κ2) is 6.97. The van der Waals surface area contributed by atoms with Crippen molar-refractivity contribution >= 4 is 6.09 Å². The first kappa shape index (κ1) is 16.6. The van der Waals surface area contributed by atoms with Crippen molar-refractivity contribution in [3.8, 4) is 0 Å². The van der Waals surface area contributed by atoms with Crippen LogP contribution in [-0.4, -0.2) is 60.3 Å². The number of carbonyl (C=O) groups excluding carboxylic acids is 1. The molecule has 0 aromatic heterocycles. The third kappa shape index (κ3) is 5.47. The van der Waals surface area contributed by atoms with Gasteiger partial charge in [-0.1, -0.05) is 0 Å². The Morgan fingerprint density at radius 2 is 1.67 bits per heavy atom. The van der Waals surface area contributed by atoms with Crippen molar-refractivity contribution in [1.29, 1.82) is 0 Å². The van der Waals surface area contributed by atoms with Crippen LogP contribution in [0.5, 0.6) is 0 Å². The van der Waals surface area contributed by atoms with E-state index < -0.39 is 5.60 Å². The molecule has 0 bridgehead atoms. The zero-order chi connectivity index (χ0) is 15.5. The van der Waals surface area contributed by atoms with Crippen molar-refractivity contribution < 1.29 is 9.53 Å². The molecule has 0 spiro atoms. The van der Waals surface area contributed by atoms with E-state index in [0.717, 1.165) is 38.6 Å². The molecule has 21 heavy (non-hydrogen) atoms.